The van der Waals surface area contributed by atoms with E-state index in [4.69, 9.17) is 0 Å². The van der Waals surface area contributed by atoms with Gasteiger partial charge in [0.05, 0.1) is 0 Å². The first-order valence-electron chi connectivity index (χ1n) is 3.34. The standard InChI is InChI=1S/C8H12S/c1-3-8-5-4-7(2)9-6-8/h4,6H,3,5H2,1-2H3. The van der Waals surface area contributed by atoms with Gasteiger partial charge in [0.25, 0.3) is 0 Å². The fraction of sp³-hybridized carbons (Fsp3) is 0.500. The van der Waals surface area contributed by atoms with Crippen LogP contribution in [0.15, 0.2) is 22.0 Å². The van der Waals surface area contributed by atoms with Crippen molar-refractivity contribution in [3.05, 3.63) is 22.0 Å². The van der Waals surface area contributed by atoms with Crippen molar-refractivity contribution in [1.29, 1.82) is 0 Å². The predicted molar refractivity (Wildman–Crippen MR) is 44.3 cm³/mol. The van der Waals surface area contributed by atoms with Crippen LogP contribution in [0, 0.1) is 0 Å². The number of hydrogen-bond donors (Lipinski definition) is 0. The van der Waals surface area contributed by atoms with Crippen LogP contribution in [0.4, 0.5) is 0 Å². The summed E-state index contributed by atoms with van der Waals surface area (Å²) in [5.74, 6) is 0. The first kappa shape index (κ1) is 6.94. The molecule has 1 heterocycles. The average molecular weight is 140 g/mol. The lowest BCUT2D eigenvalue weighted by Crippen LogP contribution is -1.82. The highest BCUT2D eigenvalue weighted by Gasteiger charge is 1.98. The van der Waals surface area contributed by atoms with Crippen molar-refractivity contribution in [2.75, 3.05) is 0 Å². The molecule has 0 aromatic rings. The Morgan fingerprint density at radius 3 is 2.89 bits per heavy atom. The lowest BCUT2D eigenvalue weighted by molar-refractivity contribution is 1.03. The molecule has 0 aliphatic carbocycles. The monoisotopic (exact) mass is 140 g/mol. The highest BCUT2D eigenvalue weighted by Crippen LogP contribution is 2.27. The maximum Gasteiger partial charge on any atom is -0.0120 e. The molecule has 50 valence electrons. The van der Waals surface area contributed by atoms with Crippen molar-refractivity contribution in [1.82, 2.24) is 0 Å². The van der Waals surface area contributed by atoms with Crippen LogP contribution in [-0.4, -0.2) is 0 Å². The van der Waals surface area contributed by atoms with E-state index in [1.165, 1.54) is 17.7 Å². The summed E-state index contributed by atoms with van der Waals surface area (Å²) in [5, 5.41) is 2.27. The van der Waals surface area contributed by atoms with Crippen molar-refractivity contribution in [2.24, 2.45) is 0 Å². The van der Waals surface area contributed by atoms with Gasteiger partial charge in [0.1, 0.15) is 0 Å². The Hall–Kier alpha value is -0.170. The first-order valence-corrected chi connectivity index (χ1v) is 4.22. The molecule has 1 rings (SSSR count). The molecule has 0 amide bonds. The zero-order valence-electron chi connectivity index (χ0n) is 5.98. The van der Waals surface area contributed by atoms with Gasteiger partial charge in [-0.3, -0.25) is 0 Å². The van der Waals surface area contributed by atoms with Crippen molar-refractivity contribution in [3.63, 3.8) is 0 Å². The second kappa shape index (κ2) is 3.11. The molecular formula is C8H12S. The minimum atomic E-state index is 1.18. The molecule has 0 saturated carbocycles. The van der Waals surface area contributed by atoms with Crippen LogP contribution in [0.3, 0.4) is 0 Å². The summed E-state index contributed by atoms with van der Waals surface area (Å²) >= 11 is 1.85. The van der Waals surface area contributed by atoms with E-state index in [0.717, 1.165) is 0 Å². The summed E-state index contributed by atoms with van der Waals surface area (Å²) in [6.45, 7) is 4.37. The van der Waals surface area contributed by atoms with Gasteiger partial charge in [-0.1, -0.05) is 18.6 Å². The minimum Gasteiger partial charge on any atom is -0.103 e. The van der Waals surface area contributed by atoms with Crippen LogP contribution in [0.5, 0.6) is 0 Å². The Morgan fingerprint density at radius 2 is 2.44 bits per heavy atom. The van der Waals surface area contributed by atoms with Crippen LogP contribution in [0.2, 0.25) is 0 Å². The first-order chi connectivity index (χ1) is 4.33. The molecule has 9 heavy (non-hydrogen) atoms. The Morgan fingerprint density at radius 1 is 1.67 bits per heavy atom. The van der Waals surface area contributed by atoms with E-state index in [0.29, 0.717) is 0 Å². The van der Waals surface area contributed by atoms with Gasteiger partial charge in [0.2, 0.25) is 0 Å². The van der Waals surface area contributed by atoms with Crippen molar-refractivity contribution in [3.8, 4) is 0 Å². The van der Waals surface area contributed by atoms with Gasteiger partial charge in [-0.25, -0.2) is 0 Å². The van der Waals surface area contributed by atoms with Crippen molar-refractivity contribution < 1.29 is 0 Å². The fourth-order valence-corrected chi connectivity index (χ4v) is 1.57. The molecule has 0 unspecified atom stereocenters. The normalized spacial score (nSPS) is 18.9. The third kappa shape index (κ3) is 1.90. The fourth-order valence-electron chi connectivity index (χ4n) is 0.775. The molecule has 0 aromatic carbocycles. The van der Waals surface area contributed by atoms with E-state index >= 15 is 0 Å². The zero-order valence-corrected chi connectivity index (χ0v) is 6.79. The van der Waals surface area contributed by atoms with E-state index in [2.05, 4.69) is 25.3 Å². The Bertz CT molecular complexity index is 154. The lowest BCUT2D eigenvalue weighted by Gasteiger charge is -2.07. The summed E-state index contributed by atoms with van der Waals surface area (Å²) in [4.78, 5) is 1.44. The van der Waals surface area contributed by atoms with Gasteiger partial charge in [-0.15, -0.1) is 11.8 Å². The highest BCUT2D eigenvalue weighted by molar-refractivity contribution is 8.05. The number of thioether (sulfide) groups is 1. The predicted octanol–water partition coefficient (Wildman–Crippen LogP) is 3.32. The average Bonchev–Trinajstić information content (AvgIpc) is 1.90. The molecule has 1 aliphatic rings. The molecule has 0 saturated heterocycles. The largest absolute Gasteiger partial charge is 0.103 e. The van der Waals surface area contributed by atoms with Crippen LogP contribution in [0.1, 0.15) is 26.7 Å². The van der Waals surface area contributed by atoms with Crippen LogP contribution in [0.25, 0.3) is 0 Å². The van der Waals surface area contributed by atoms with Crippen molar-refractivity contribution in [2.45, 2.75) is 26.7 Å². The smallest absolute Gasteiger partial charge is 0.0120 e. The molecule has 1 heteroatoms. The third-order valence-corrected chi connectivity index (χ3v) is 2.51. The molecule has 0 N–H and O–H groups in total. The molecule has 0 bridgehead atoms. The molecule has 0 radical (unpaired) electrons. The van der Waals surface area contributed by atoms with E-state index in [-0.39, 0.29) is 0 Å². The van der Waals surface area contributed by atoms with Gasteiger partial charge in [-0.2, -0.15) is 0 Å². The van der Waals surface area contributed by atoms with Crippen LogP contribution >= 0.6 is 11.8 Å². The molecule has 0 aromatic heterocycles. The summed E-state index contributed by atoms with van der Waals surface area (Å²) in [7, 11) is 0. The minimum absolute atomic E-state index is 1.18. The lowest BCUT2D eigenvalue weighted by atomic mass is 10.1. The second-order valence-electron chi connectivity index (χ2n) is 2.27. The maximum absolute atomic E-state index is 2.30. The Labute approximate surface area is 61.0 Å². The molecule has 0 fully saturated rings. The SMILES string of the molecule is CCC1=CSC(C)=CC1. The maximum atomic E-state index is 2.30. The van der Waals surface area contributed by atoms with E-state index in [1.807, 2.05) is 11.8 Å². The molecular weight excluding hydrogens is 128 g/mol. The van der Waals surface area contributed by atoms with E-state index in [9.17, 15) is 0 Å². The highest BCUT2D eigenvalue weighted by atomic mass is 32.2. The number of rotatable bonds is 1. The Balaban J connectivity index is 2.48. The second-order valence-corrected chi connectivity index (χ2v) is 3.38. The van der Waals surface area contributed by atoms with Gasteiger partial charge >= 0.3 is 0 Å². The topological polar surface area (TPSA) is 0 Å². The molecule has 0 atom stereocenters. The van der Waals surface area contributed by atoms with E-state index in [1.54, 1.807) is 5.57 Å². The van der Waals surface area contributed by atoms with Gasteiger partial charge in [0.15, 0.2) is 0 Å². The Kier molecular flexibility index (Phi) is 2.40. The summed E-state index contributed by atoms with van der Waals surface area (Å²) in [6, 6.07) is 0. The molecule has 0 nitrogen and oxygen atoms in total. The summed E-state index contributed by atoms with van der Waals surface area (Å²) < 4.78 is 0. The van der Waals surface area contributed by atoms with E-state index < -0.39 is 0 Å². The van der Waals surface area contributed by atoms with Crippen LogP contribution in [-0.2, 0) is 0 Å². The number of allylic oxidation sites excluding steroid dienone is 3. The number of hydrogen-bond acceptors (Lipinski definition) is 1. The molecule has 0 spiro atoms. The van der Waals surface area contributed by atoms with Gasteiger partial charge in [0, 0.05) is 0 Å². The summed E-state index contributed by atoms with van der Waals surface area (Å²) in [5.41, 5.74) is 1.56. The van der Waals surface area contributed by atoms with Gasteiger partial charge in [-0.05, 0) is 30.1 Å². The quantitative estimate of drug-likeness (QED) is 0.538. The van der Waals surface area contributed by atoms with Crippen molar-refractivity contribution >= 4 is 11.8 Å². The van der Waals surface area contributed by atoms with Gasteiger partial charge < -0.3 is 0 Å². The summed E-state index contributed by atoms with van der Waals surface area (Å²) in [6.07, 6.45) is 4.68. The van der Waals surface area contributed by atoms with Crippen LogP contribution < -0.4 is 0 Å². The zero-order chi connectivity index (χ0) is 6.69. The third-order valence-electron chi connectivity index (χ3n) is 1.52. The molecule has 1 aliphatic heterocycles.